The van der Waals surface area contributed by atoms with E-state index < -0.39 is 48.5 Å². The average molecular weight is 807 g/mol. The van der Waals surface area contributed by atoms with Crippen molar-refractivity contribution in [2.45, 2.75) is 6.10 Å². The minimum absolute atomic E-state index is 0.190. The second-order valence-electron chi connectivity index (χ2n) is 11.2. The van der Waals surface area contributed by atoms with Crippen molar-refractivity contribution < 1.29 is 69.2 Å². The fourth-order valence-corrected chi connectivity index (χ4v) is 3.79. The number of rotatable bonds is 9. The van der Waals surface area contributed by atoms with Crippen LogP contribution in [0, 0.1) is 0 Å². The van der Waals surface area contributed by atoms with E-state index in [9.17, 15) is 28.8 Å². The maximum Gasteiger partial charge on any atom is 0.338 e. The summed E-state index contributed by atoms with van der Waals surface area (Å²) in [6.45, 7) is -0.605. The van der Waals surface area contributed by atoms with Gasteiger partial charge in [0.2, 0.25) is 0 Å². The number of benzene rings is 6. The number of esters is 1. The maximum atomic E-state index is 11.3. The van der Waals surface area contributed by atoms with Gasteiger partial charge in [-0.1, -0.05) is 109 Å². The highest BCUT2D eigenvalue weighted by Crippen LogP contribution is 2.02. The molecule has 0 aliphatic rings. The van der Waals surface area contributed by atoms with Crippen LogP contribution in [0.4, 0.5) is 0 Å². The lowest BCUT2D eigenvalue weighted by atomic mass is 10.2. The second kappa shape index (κ2) is 29.4. The number of carboxylic acids is 5. The van der Waals surface area contributed by atoms with Crippen LogP contribution in [0.25, 0.3) is 0 Å². The lowest BCUT2D eigenvalue weighted by Gasteiger charge is -2.07. The van der Waals surface area contributed by atoms with Crippen LogP contribution in [0.2, 0.25) is 0 Å². The third-order valence-electron chi connectivity index (χ3n) is 6.73. The molecule has 0 spiro atoms. The highest BCUT2D eigenvalue weighted by molar-refractivity contribution is 5.90. The van der Waals surface area contributed by atoms with Crippen LogP contribution < -0.4 is 0 Å². The van der Waals surface area contributed by atoms with Crippen molar-refractivity contribution in [3.63, 3.8) is 0 Å². The number of carboxylic acid groups (broad SMARTS) is 5. The molecule has 1 atom stereocenters. The molecule has 0 fully saturated rings. The summed E-state index contributed by atoms with van der Waals surface area (Å²) < 4.78 is 4.73. The fraction of sp³-hybridized carbons (Fsp3) is 0.0667. The van der Waals surface area contributed by atoms with Gasteiger partial charge in [-0.2, -0.15) is 0 Å². The van der Waals surface area contributed by atoms with Gasteiger partial charge < -0.3 is 40.5 Å². The molecule has 0 bridgehead atoms. The van der Waals surface area contributed by atoms with Gasteiger partial charge in [-0.25, -0.2) is 28.8 Å². The van der Waals surface area contributed by atoms with E-state index in [-0.39, 0.29) is 6.61 Å². The summed E-state index contributed by atoms with van der Waals surface area (Å²) in [5.41, 5.74) is 2.08. The summed E-state index contributed by atoms with van der Waals surface area (Å²) in [4.78, 5) is 62.3. The predicted molar refractivity (Wildman–Crippen MR) is 217 cm³/mol. The molecule has 6 aromatic carbocycles. The number of aliphatic hydroxyl groups excluding tert-OH is 2. The number of ether oxygens (including phenoxy) is 1. The van der Waals surface area contributed by atoms with Gasteiger partial charge >= 0.3 is 35.8 Å². The molecular weight excluding hydrogens is 764 g/mol. The van der Waals surface area contributed by atoms with Crippen molar-refractivity contribution >= 4 is 35.8 Å². The van der Waals surface area contributed by atoms with E-state index in [2.05, 4.69) is 0 Å². The van der Waals surface area contributed by atoms with Crippen LogP contribution in [-0.4, -0.2) is 90.9 Å². The van der Waals surface area contributed by atoms with Gasteiger partial charge in [0.1, 0.15) is 12.7 Å². The number of carbonyl (C=O) groups excluding carboxylic acids is 1. The zero-order valence-corrected chi connectivity index (χ0v) is 31.3. The zero-order chi connectivity index (χ0) is 43.8. The van der Waals surface area contributed by atoms with Gasteiger partial charge in [-0.3, -0.25) is 0 Å². The molecule has 0 aliphatic carbocycles. The van der Waals surface area contributed by atoms with Crippen LogP contribution in [-0.2, 0) is 4.74 Å². The largest absolute Gasteiger partial charge is 0.478 e. The summed E-state index contributed by atoms with van der Waals surface area (Å²) in [5, 5.41) is 59.3. The molecule has 14 nitrogen and oxygen atoms in total. The van der Waals surface area contributed by atoms with Crippen molar-refractivity contribution in [3.8, 4) is 0 Å². The molecule has 1 unspecified atom stereocenters. The van der Waals surface area contributed by atoms with Gasteiger partial charge in [0.25, 0.3) is 0 Å². The Kier molecular flexibility index (Phi) is 24.4. The van der Waals surface area contributed by atoms with E-state index in [0.29, 0.717) is 33.4 Å². The molecule has 0 amide bonds. The van der Waals surface area contributed by atoms with E-state index in [1.54, 1.807) is 182 Å². The summed E-state index contributed by atoms with van der Waals surface area (Å²) in [7, 11) is 0. The first-order valence-electron chi connectivity index (χ1n) is 17.2. The Hall–Kier alpha value is -7.94. The Morgan fingerprint density at radius 2 is 0.542 bits per heavy atom. The van der Waals surface area contributed by atoms with E-state index >= 15 is 0 Å². The van der Waals surface area contributed by atoms with Crippen molar-refractivity contribution in [2.24, 2.45) is 0 Å². The third kappa shape index (κ3) is 22.9. The first kappa shape index (κ1) is 49.1. The Bertz CT molecular complexity index is 1810. The molecule has 0 aliphatic heterocycles. The van der Waals surface area contributed by atoms with Crippen LogP contribution >= 0.6 is 0 Å². The van der Waals surface area contributed by atoms with Crippen molar-refractivity contribution in [3.05, 3.63) is 215 Å². The molecule has 59 heavy (non-hydrogen) atoms. The molecule has 0 radical (unpaired) electrons. The highest BCUT2D eigenvalue weighted by Gasteiger charge is 2.09. The van der Waals surface area contributed by atoms with Gasteiger partial charge in [-0.05, 0) is 72.8 Å². The van der Waals surface area contributed by atoms with Crippen LogP contribution in [0.3, 0.4) is 0 Å². The first-order valence-corrected chi connectivity index (χ1v) is 17.2. The van der Waals surface area contributed by atoms with Gasteiger partial charge in [0.05, 0.1) is 40.0 Å². The van der Waals surface area contributed by atoms with Gasteiger partial charge in [-0.15, -0.1) is 0 Å². The molecular formula is C45H42O14. The minimum Gasteiger partial charge on any atom is -0.478 e. The molecule has 0 heterocycles. The lowest BCUT2D eigenvalue weighted by molar-refractivity contribution is 0.00930. The summed E-state index contributed by atoms with van der Waals surface area (Å²) in [5.74, 6) is -4.90. The standard InChI is InChI=1S/C10H12O4.5C7H6O2/c11-6-9(12)7-14-10(13)8-4-2-1-3-5-8;5*8-7(9)6-4-2-1-3-5-6/h1-5,9,11-12H,6-7H2;5*1-5H,(H,8,9). The van der Waals surface area contributed by atoms with Crippen LogP contribution in [0.15, 0.2) is 182 Å². The molecule has 0 saturated heterocycles. The molecule has 14 heteroatoms. The first-order chi connectivity index (χ1) is 28.3. The SMILES string of the molecule is O=C(O)c1ccccc1.O=C(O)c1ccccc1.O=C(O)c1ccccc1.O=C(O)c1ccccc1.O=C(O)c1ccccc1.O=C(OCC(O)CO)c1ccccc1. The Labute approximate surface area is 339 Å². The van der Waals surface area contributed by atoms with Gasteiger partial charge in [0.15, 0.2) is 0 Å². The number of hydrogen-bond donors (Lipinski definition) is 7. The van der Waals surface area contributed by atoms with Crippen molar-refractivity contribution in [1.82, 2.24) is 0 Å². The number of aliphatic hydroxyl groups is 2. The average Bonchev–Trinajstić information content (AvgIpc) is 3.28. The van der Waals surface area contributed by atoms with E-state index in [4.69, 9.17) is 40.5 Å². The number of aromatic carboxylic acids is 5. The van der Waals surface area contributed by atoms with E-state index in [1.807, 2.05) is 0 Å². The molecule has 306 valence electrons. The monoisotopic (exact) mass is 806 g/mol. The fourth-order valence-electron chi connectivity index (χ4n) is 3.79. The Morgan fingerprint density at radius 3 is 0.695 bits per heavy atom. The summed E-state index contributed by atoms with van der Waals surface area (Å²) in [6.07, 6.45) is -1.01. The lowest BCUT2D eigenvalue weighted by Crippen LogP contribution is -2.21. The van der Waals surface area contributed by atoms with E-state index in [0.717, 1.165) is 0 Å². The summed E-state index contributed by atoms with van der Waals surface area (Å²) in [6, 6.07) is 49.9. The molecule has 0 saturated carbocycles. The summed E-state index contributed by atoms with van der Waals surface area (Å²) >= 11 is 0. The smallest absolute Gasteiger partial charge is 0.338 e. The maximum absolute atomic E-state index is 11.3. The molecule has 6 aromatic rings. The zero-order valence-electron chi connectivity index (χ0n) is 31.3. The Balaban J connectivity index is 0.000000357. The third-order valence-corrected chi connectivity index (χ3v) is 6.73. The van der Waals surface area contributed by atoms with Crippen molar-refractivity contribution in [1.29, 1.82) is 0 Å². The Morgan fingerprint density at radius 1 is 0.356 bits per heavy atom. The molecule has 7 N–H and O–H groups in total. The minimum atomic E-state index is -1.01. The predicted octanol–water partition coefficient (Wildman–Crippen LogP) is 7.12. The normalized spacial score (nSPS) is 9.66. The number of hydrogen-bond acceptors (Lipinski definition) is 9. The second-order valence-corrected chi connectivity index (χ2v) is 11.2. The van der Waals surface area contributed by atoms with Crippen LogP contribution in [0.1, 0.15) is 62.1 Å². The highest BCUT2D eigenvalue weighted by atomic mass is 16.5. The topological polar surface area (TPSA) is 253 Å². The van der Waals surface area contributed by atoms with Crippen LogP contribution in [0.5, 0.6) is 0 Å². The van der Waals surface area contributed by atoms with Crippen molar-refractivity contribution in [2.75, 3.05) is 13.2 Å². The van der Waals surface area contributed by atoms with E-state index in [1.165, 1.54) is 0 Å². The molecule has 0 aromatic heterocycles. The number of carbonyl (C=O) groups is 6. The quantitative estimate of drug-likeness (QED) is 0.0719. The van der Waals surface area contributed by atoms with Gasteiger partial charge in [0, 0.05) is 0 Å². The molecule has 6 rings (SSSR count).